The van der Waals surface area contributed by atoms with Gasteiger partial charge in [-0.3, -0.25) is 4.68 Å². The second-order valence-electron chi connectivity index (χ2n) is 6.71. The van der Waals surface area contributed by atoms with Crippen molar-refractivity contribution in [1.82, 2.24) is 29.4 Å². The maximum Gasteiger partial charge on any atom is 0.245 e. The Labute approximate surface area is 167 Å². The lowest BCUT2D eigenvalue weighted by molar-refractivity contribution is 0.269. The smallest absolute Gasteiger partial charge is 0.245 e. The molecule has 1 aromatic carbocycles. The molecular weight excluding hydrogens is 378 g/mol. The molecule has 0 aliphatic heterocycles. The van der Waals surface area contributed by atoms with Crippen molar-refractivity contribution in [3.63, 3.8) is 0 Å². The van der Waals surface area contributed by atoms with Gasteiger partial charge < -0.3 is 10.0 Å². The van der Waals surface area contributed by atoms with E-state index in [0.717, 1.165) is 16.8 Å². The number of aryl methyl sites for hydroxylation is 1. The van der Waals surface area contributed by atoms with E-state index in [9.17, 15) is 5.11 Å². The van der Waals surface area contributed by atoms with Crippen LogP contribution in [0.5, 0.6) is 0 Å². The van der Waals surface area contributed by atoms with Gasteiger partial charge in [0.1, 0.15) is 5.69 Å². The van der Waals surface area contributed by atoms with Crippen LogP contribution in [-0.4, -0.2) is 54.2 Å². The van der Waals surface area contributed by atoms with Crippen molar-refractivity contribution in [2.24, 2.45) is 7.05 Å². The second-order valence-corrected chi connectivity index (χ2v) is 7.14. The van der Waals surface area contributed by atoms with Crippen LogP contribution < -0.4 is 4.90 Å². The summed E-state index contributed by atoms with van der Waals surface area (Å²) in [6.07, 6.45) is 5.48. The summed E-state index contributed by atoms with van der Waals surface area (Å²) >= 11 is 6.02. The number of benzene rings is 1. The highest BCUT2D eigenvalue weighted by molar-refractivity contribution is 6.30. The van der Waals surface area contributed by atoms with Crippen LogP contribution in [0.25, 0.3) is 28.2 Å². The molecule has 4 aromatic rings. The summed E-state index contributed by atoms with van der Waals surface area (Å²) in [6.45, 7) is 1.92. The van der Waals surface area contributed by atoms with Crippen LogP contribution in [0.15, 0.2) is 42.9 Å². The van der Waals surface area contributed by atoms with Crippen molar-refractivity contribution in [3.8, 4) is 22.5 Å². The van der Waals surface area contributed by atoms with Gasteiger partial charge in [0, 0.05) is 36.4 Å². The molecule has 0 spiro atoms. The third kappa shape index (κ3) is 3.32. The van der Waals surface area contributed by atoms with Crippen molar-refractivity contribution < 1.29 is 5.11 Å². The zero-order valence-electron chi connectivity index (χ0n) is 15.8. The van der Waals surface area contributed by atoms with Crippen LogP contribution in [0.4, 0.5) is 5.95 Å². The first-order valence-electron chi connectivity index (χ1n) is 8.82. The number of hydrogen-bond donors (Lipinski definition) is 1. The Balaban J connectivity index is 1.91. The minimum absolute atomic E-state index is 0.00971. The first-order valence-corrected chi connectivity index (χ1v) is 9.20. The third-order valence-electron chi connectivity index (χ3n) is 4.67. The van der Waals surface area contributed by atoms with Crippen molar-refractivity contribution >= 4 is 23.2 Å². The maximum absolute atomic E-state index is 9.45. The molecule has 9 heteroatoms. The highest BCUT2D eigenvalue weighted by Crippen LogP contribution is 2.27. The van der Waals surface area contributed by atoms with Crippen LogP contribution in [0.2, 0.25) is 5.02 Å². The molecule has 0 radical (unpaired) electrons. The molecule has 3 aromatic heterocycles. The number of aliphatic hydroxyl groups is 1. The van der Waals surface area contributed by atoms with Crippen LogP contribution in [0, 0.1) is 0 Å². The largest absolute Gasteiger partial charge is 0.394 e. The lowest BCUT2D eigenvalue weighted by Crippen LogP contribution is -2.32. The second kappa shape index (κ2) is 7.21. The van der Waals surface area contributed by atoms with Crippen LogP contribution in [0.1, 0.15) is 6.92 Å². The molecule has 4 rings (SSSR count). The maximum atomic E-state index is 9.45. The molecule has 0 unspecified atom stereocenters. The van der Waals surface area contributed by atoms with Gasteiger partial charge in [0.05, 0.1) is 30.7 Å². The lowest BCUT2D eigenvalue weighted by atomic mass is 10.1. The van der Waals surface area contributed by atoms with E-state index in [-0.39, 0.29) is 12.6 Å². The Morgan fingerprint density at radius 2 is 1.89 bits per heavy atom. The molecule has 0 fully saturated rings. The normalized spacial score (nSPS) is 12.5. The number of rotatable bonds is 5. The molecule has 0 amide bonds. The van der Waals surface area contributed by atoms with Gasteiger partial charge in [-0.2, -0.15) is 10.1 Å². The van der Waals surface area contributed by atoms with Crippen molar-refractivity contribution in [1.29, 1.82) is 0 Å². The summed E-state index contributed by atoms with van der Waals surface area (Å²) in [7, 11) is 3.71. The van der Waals surface area contributed by atoms with Crippen molar-refractivity contribution in [2.45, 2.75) is 13.0 Å². The Kier molecular flexibility index (Phi) is 4.74. The number of fused-ring (bicyclic) bond motifs is 1. The van der Waals surface area contributed by atoms with Crippen molar-refractivity contribution in [3.05, 3.63) is 47.9 Å². The van der Waals surface area contributed by atoms with E-state index in [0.29, 0.717) is 22.3 Å². The van der Waals surface area contributed by atoms with Gasteiger partial charge in [0.2, 0.25) is 5.95 Å². The Morgan fingerprint density at radius 3 is 2.54 bits per heavy atom. The molecule has 1 atom stereocenters. The minimum atomic E-state index is -0.108. The first kappa shape index (κ1) is 18.4. The minimum Gasteiger partial charge on any atom is -0.394 e. The molecule has 1 N–H and O–H groups in total. The molecule has 28 heavy (non-hydrogen) atoms. The van der Waals surface area contributed by atoms with Gasteiger partial charge in [0.25, 0.3) is 0 Å². The van der Waals surface area contributed by atoms with E-state index in [1.165, 1.54) is 0 Å². The number of nitrogens with zero attached hydrogens (tertiary/aromatic N) is 7. The highest BCUT2D eigenvalue weighted by atomic mass is 35.5. The molecule has 0 aliphatic carbocycles. The fourth-order valence-electron chi connectivity index (χ4n) is 2.84. The van der Waals surface area contributed by atoms with E-state index >= 15 is 0 Å². The van der Waals surface area contributed by atoms with Gasteiger partial charge in [-0.1, -0.05) is 23.7 Å². The Hall–Kier alpha value is -2.97. The molecular formula is C19H20ClN7O. The predicted molar refractivity (Wildman–Crippen MR) is 108 cm³/mol. The molecule has 0 bridgehead atoms. The summed E-state index contributed by atoms with van der Waals surface area (Å²) in [6, 6.07) is 7.39. The Bertz CT molecular complexity index is 1120. The quantitative estimate of drug-likeness (QED) is 0.557. The van der Waals surface area contributed by atoms with Gasteiger partial charge in [-0.15, -0.1) is 5.10 Å². The van der Waals surface area contributed by atoms with Gasteiger partial charge in [-0.05, 0) is 19.1 Å². The number of hydrogen-bond acceptors (Lipinski definition) is 6. The summed E-state index contributed by atoms with van der Waals surface area (Å²) in [5.41, 5.74) is 3.82. The van der Waals surface area contributed by atoms with Crippen LogP contribution in [-0.2, 0) is 7.05 Å². The molecule has 0 saturated heterocycles. The zero-order chi connectivity index (χ0) is 19.8. The topological polar surface area (TPSA) is 84.4 Å². The van der Waals surface area contributed by atoms with Gasteiger partial charge in [-0.25, -0.2) is 9.50 Å². The summed E-state index contributed by atoms with van der Waals surface area (Å²) < 4.78 is 3.44. The van der Waals surface area contributed by atoms with Gasteiger partial charge in [0.15, 0.2) is 5.65 Å². The Morgan fingerprint density at radius 1 is 1.14 bits per heavy atom. The van der Waals surface area contributed by atoms with E-state index < -0.39 is 0 Å². The number of likely N-dealkylation sites (N-methyl/N-ethyl adjacent to an activating group) is 1. The SMILES string of the molecule is C[C@@H](CO)N(C)c1nc2c(-c3cnn(C)c3)nc(-c3ccc(Cl)cc3)cn2n1. The molecule has 3 heterocycles. The molecule has 8 nitrogen and oxygen atoms in total. The lowest BCUT2D eigenvalue weighted by Gasteiger charge is -2.20. The standard InChI is InChI=1S/C19H20ClN7O/c1-12(11-28)26(3)19-23-18-17(14-8-21-25(2)9-14)22-16(10-27(18)24-19)13-4-6-15(20)7-5-13/h4-10,12,28H,11H2,1-3H3/t12-/m0/s1. The molecule has 144 valence electrons. The van der Waals surface area contributed by atoms with Crippen molar-refractivity contribution in [2.75, 3.05) is 18.6 Å². The van der Waals surface area contributed by atoms with Crippen LogP contribution in [0.3, 0.4) is 0 Å². The summed E-state index contributed by atoms with van der Waals surface area (Å²) in [5.74, 6) is 0.516. The fourth-order valence-corrected chi connectivity index (χ4v) is 2.97. The summed E-state index contributed by atoms with van der Waals surface area (Å²) in [5, 5.41) is 19.0. The zero-order valence-corrected chi connectivity index (χ0v) is 16.5. The fraction of sp³-hybridized carbons (Fsp3) is 0.263. The third-order valence-corrected chi connectivity index (χ3v) is 4.92. The van der Waals surface area contributed by atoms with Gasteiger partial charge >= 0.3 is 0 Å². The van der Waals surface area contributed by atoms with E-state index in [1.807, 2.05) is 62.6 Å². The van der Waals surface area contributed by atoms with E-state index in [1.54, 1.807) is 15.4 Å². The summed E-state index contributed by atoms with van der Waals surface area (Å²) in [4.78, 5) is 11.3. The molecule has 0 saturated carbocycles. The number of halogens is 1. The monoisotopic (exact) mass is 397 g/mol. The number of aromatic nitrogens is 6. The molecule has 0 aliphatic rings. The van der Waals surface area contributed by atoms with E-state index in [4.69, 9.17) is 16.6 Å². The average Bonchev–Trinajstić information content (AvgIpc) is 3.32. The number of anilines is 1. The highest BCUT2D eigenvalue weighted by Gasteiger charge is 2.19. The average molecular weight is 398 g/mol. The van der Waals surface area contributed by atoms with Crippen LogP contribution >= 0.6 is 11.6 Å². The number of aliphatic hydroxyl groups excluding tert-OH is 1. The van der Waals surface area contributed by atoms with E-state index in [2.05, 4.69) is 15.2 Å². The predicted octanol–water partition coefficient (Wildman–Crippen LogP) is 2.66. The first-order chi connectivity index (χ1) is 13.5.